The third kappa shape index (κ3) is 5.14. The summed E-state index contributed by atoms with van der Waals surface area (Å²) in [5.41, 5.74) is 11.0. The Morgan fingerprint density at radius 3 is 2.27 bits per heavy atom. The lowest BCUT2D eigenvalue weighted by molar-refractivity contribution is -0.113. The van der Waals surface area contributed by atoms with Crippen molar-refractivity contribution in [3.05, 3.63) is 95.8 Å². The molecule has 40 heavy (non-hydrogen) atoms. The first kappa shape index (κ1) is 26.2. The van der Waals surface area contributed by atoms with Gasteiger partial charge in [0.1, 0.15) is 5.52 Å². The SMILES string of the molecule is COc1cc(Nc2ncc3c(C)nc(-c4cccc(C(=CC(N)=O)c5ccccc5)c4)n3n2)cc(OC)c1OC. The zero-order chi connectivity index (χ0) is 28.2. The Hall–Kier alpha value is -5.38. The van der Waals surface area contributed by atoms with Gasteiger partial charge in [-0.3, -0.25) is 4.79 Å². The van der Waals surface area contributed by atoms with Crippen molar-refractivity contribution in [2.75, 3.05) is 26.6 Å². The Labute approximate surface area is 231 Å². The van der Waals surface area contributed by atoms with Gasteiger partial charge in [-0.15, -0.1) is 5.10 Å². The fraction of sp³-hybridized carbons (Fsp3) is 0.133. The van der Waals surface area contributed by atoms with E-state index in [1.807, 2.05) is 61.5 Å². The summed E-state index contributed by atoms with van der Waals surface area (Å²) in [7, 11) is 4.66. The predicted octanol–water partition coefficient (Wildman–Crippen LogP) is 4.79. The molecule has 0 unspecified atom stereocenters. The summed E-state index contributed by atoms with van der Waals surface area (Å²) in [6.07, 6.45) is 3.15. The molecule has 2 heterocycles. The zero-order valence-corrected chi connectivity index (χ0v) is 22.5. The fourth-order valence-electron chi connectivity index (χ4n) is 4.47. The van der Waals surface area contributed by atoms with Crippen LogP contribution in [0.15, 0.2) is 79.0 Å². The molecule has 5 aromatic rings. The number of carbonyl (C=O) groups is 1. The molecule has 0 saturated carbocycles. The van der Waals surface area contributed by atoms with Gasteiger partial charge in [0.2, 0.25) is 17.6 Å². The number of imidazole rings is 1. The van der Waals surface area contributed by atoms with E-state index in [2.05, 4.69) is 10.3 Å². The number of fused-ring (bicyclic) bond motifs is 1. The molecular formula is C30H28N6O4. The maximum absolute atomic E-state index is 11.9. The van der Waals surface area contributed by atoms with E-state index in [9.17, 15) is 4.79 Å². The number of nitrogens with one attached hydrogen (secondary N) is 1. The second-order valence-corrected chi connectivity index (χ2v) is 8.85. The number of primary amides is 1. The summed E-state index contributed by atoms with van der Waals surface area (Å²) in [5.74, 6) is 1.92. The number of aromatic nitrogens is 4. The van der Waals surface area contributed by atoms with Crippen molar-refractivity contribution in [3.63, 3.8) is 0 Å². The van der Waals surface area contributed by atoms with Crippen LogP contribution < -0.4 is 25.3 Å². The van der Waals surface area contributed by atoms with Crippen molar-refractivity contribution in [1.82, 2.24) is 19.6 Å². The summed E-state index contributed by atoms with van der Waals surface area (Å²) in [5, 5.41) is 7.94. The number of ether oxygens (including phenoxy) is 3. The number of methoxy groups -OCH3 is 3. The van der Waals surface area contributed by atoms with Crippen LogP contribution in [0.4, 0.5) is 11.6 Å². The molecule has 3 aromatic carbocycles. The Kier molecular flexibility index (Phi) is 7.32. The molecule has 10 nitrogen and oxygen atoms in total. The zero-order valence-electron chi connectivity index (χ0n) is 22.5. The van der Waals surface area contributed by atoms with Gasteiger partial charge in [-0.1, -0.05) is 48.5 Å². The summed E-state index contributed by atoms with van der Waals surface area (Å²) in [6.45, 7) is 1.90. The molecule has 0 saturated heterocycles. The first-order valence-electron chi connectivity index (χ1n) is 12.4. The lowest BCUT2D eigenvalue weighted by atomic mass is 9.96. The molecule has 10 heteroatoms. The van der Waals surface area contributed by atoms with Crippen molar-refractivity contribution >= 4 is 28.6 Å². The number of carbonyl (C=O) groups excluding carboxylic acids is 1. The van der Waals surface area contributed by atoms with E-state index < -0.39 is 5.91 Å². The normalized spacial score (nSPS) is 11.3. The second-order valence-electron chi connectivity index (χ2n) is 8.85. The van der Waals surface area contributed by atoms with Crippen molar-refractivity contribution in [2.45, 2.75) is 6.92 Å². The minimum Gasteiger partial charge on any atom is -0.493 e. The maximum atomic E-state index is 11.9. The van der Waals surface area contributed by atoms with Crippen molar-refractivity contribution < 1.29 is 19.0 Å². The van der Waals surface area contributed by atoms with Crippen LogP contribution in [0.3, 0.4) is 0 Å². The number of nitrogens with zero attached hydrogens (tertiary/aromatic N) is 4. The van der Waals surface area contributed by atoms with Gasteiger partial charge >= 0.3 is 0 Å². The first-order chi connectivity index (χ1) is 19.4. The van der Waals surface area contributed by atoms with Gasteiger partial charge in [0.25, 0.3) is 0 Å². The van der Waals surface area contributed by atoms with Crippen LogP contribution >= 0.6 is 0 Å². The fourth-order valence-corrected chi connectivity index (χ4v) is 4.47. The van der Waals surface area contributed by atoms with Gasteiger partial charge in [0, 0.05) is 29.5 Å². The van der Waals surface area contributed by atoms with Gasteiger partial charge in [-0.2, -0.15) is 0 Å². The molecule has 0 aliphatic rings. The number of hydrogen-bond donors (Lipinski definition) is 2. The van der Waals surface area contributed by atoms with Crippen LogP contribution in [0.25, 0.3) is 22.5 Å². The minimum absolute atomic E-state index is 0.343. The Balaban J connectivity index is 1.56. The van der Waals surface area contributed by atoms with Crippen molar-refractivity contribution in [1.29, 1.82) is 0 Å². The lowest BCUT2D eigenvalue weighted by Crippen LogP contribution is -2.07. The summed E-state index contributed by atoms with van der Waals surface area (Å²) < 4.78 is 18.1. The van der Waals surface area contributed by atoms with E-state index in [0.717, 1.165) is 27.9 Å². The van der Waals surface area contributed by atoms with E-state index in [-0.39, 0.29) is 0 Å². The minimum atomic E-state index is -0.526. The molecule has 1 amide bonds. The number of amides is 1. The molecule has 0 spiro atoms. The third-order valence-electron chi connectivity index (χ3n) is 6.30. The Morgan fingerprint density at radius 1 is 0.925 bits per heavy atom. The smallest absolute Gasteiger partial charge is 0.245 e. The molecule has 202 valence electrons. The van der Waals surface area contributed by atoms with E-state index in [1.165, 1.54) is 6.08 Å². The first-order valence-corrected chi connectivity index (χ1v) is 12.4. The van der Waals surface area contributed by atoms with Gasteiger partial charge in [-0.05, 0) is 29.7 Å². The average Bonchev–Trinajstić information content (AvgIpc) is 3.31. The van der Waals surface area contributed by atoms with Gasteiger partial charge in [0.15, 0.2) is 17.3 Å². The highest BCUT2D eigenvalue weighted by Crippen LogP contribution is 2.40. The molecular weight excluding hydrogens is 508 g/mol. The molecule has 0 aliphatic heterocycles. The highest BCUT2D eigenvalue weighted by molar-refractivity contribution is 5.98. The van der Waals surface area contributed by atoms with Crippen LogP contribution in [0.1, 0.15) is 16.8 Å². The molecule has 0 atom stereocenters. The van der Waals surface area contributed by atoms with Gasteiger partial charge < -0.3 is 25.3 Å². The summed E-state index contributed by atoms with van der Waals surface area (Å²) >= 11 is 0. The van der Waals surface area contributed by atoms with E-state index in [0.29, 0.717) is 40.3 Å². The molecule has 2 aromatic heterocycles. The molecule has 0 radical (unpaired) electrons. The number of hydrogen-bond acceptors (Lipinski definition) is 8. The average molecular weight is 537 g/mol. The van der Waals surface area contributed by atoms with Crippen LogP contribution in [0.5, 0.6) is 17.2 Å². The number of anilines is 2. The predicted molar refractivity (Wildman–Crippen MR) is 153 cm³/mol. The number of nitrogens with two attached hydrogens (primary N) is 1. The summed E-state index contributed by atoms with van der Waals surface area (Å²) in [4.78, 5) is 21.1. The topological polar surface area (TPSA) is 126 Å². The van der Waals surface area contributed by atoms with Crippen molar-refractivity contribution in [3.8, 4) is 28.6 Å². The highest BCUT2D eigenvalue weighted by atomic mass is 16.5. The monoisotopic (exact) mass is 536 g/mol. The van der Waals surface area contributed by atoms with Crippen LogP contribution in [-0.4, -0.2) is 46.8 Å². The molecule has 0 fully saturated rings. The third-order valence-corrected chi connectivity index (χ3v) is 6.30. The second kappa shape index (κ2) is 11.2. The van der Waals surface area contributed by atoms with E-state index >= 15 is 0 Å². The Morgan fingerprint density at radius 2 is 1.62 bits per heavy atom. The summed E-state index contributed by atoms with van der Waals surface area (Å²) in [6, 6.07) is 20.9. The maximum Gasteiger partial charge on any atom is 0.245 e. The van der Waals surface area contributed by atoms with Crippen LogP contribution in [0.2, 0.25) is 0 Å². The lowest BCUT2D eigenvalue weighted by Gasteiger charge is -2.14. The number of rotatable bonds is 9. The molecule has 0 aliphatic carbocycles. The largest absolute Gasteiger partial charge is 0.493 e. The molecule has 0 bridgehead atoms. The van der Waals surface area contributed by atoms with E-state index in [4.69, 9.17) is 30.0 Å². The van der Waals surface area contributed by atoms with Gasteiger partial charge in [0.05, 0.1) is 33.2 Å². The Bertz CT molecular complexity index is 1700. The highest BCUT2D eigenvalue weighted by Gasteiger charge is 2.17. The van der Waals surface area contributed by atoms with Crippen molar-refractivity contribution in [2.24, 2.45) is 5.73 Å². The van der Waals surface area contributed by atoms with Crippen LogP contribution in [0, 0.1) is 6.92 Å². The quantitative estimate of drug-likeness (QED) is 0.258. The van der Waals surface area contributed by atoms with Gasteiger partial charge in [-0.25, -0.2) is 14.5 Å². The molecule has 5 rings (SSSR count). The van der Waals surface area contributed by atoms with Crippen LogP contribution in [-0.2, 0) is 4.79 Å². The number of aryl methyl sites for hydroxylation is 1. The number of benzene rings is 3. The standard InChI is InChI=1S/C30H28N6O4/c1-18-24-17-32-30(34-22-14-25(38-2)28(40-4)26(15-22)39-3)35-36(24)29(33-18)21-12-8-11-20(13-21)23(16-27(31)37)19-9-6-5-7-10-19/h5-17H,1-4H3,(H2,31,37)(H,34,35). The molecule has 3 N–H and O–H groups in total. The van der Waals surface area contributed by atoms with E-state index in [1.54, 1.807) is 44.2 Å².